The average molecular weight is 221 g/mol. The maximum absolute atomic E-state index is 12.0. The van der Waals surface area contributed by atoms with E-state index >= 15 is 0 Å². The lowest BCUT2D eigenvalue weighted by Crippen LogP contribution is -2.33. The van der Waals surface area contributed by atoms with Gasteiger partial charge in [0, 0.05) is 23.9 Å². The van der Waals surface area contributed by atoms with Crippen LogP contribution in [0.4, 0.5) is 0 Å². The molecular formula is C13H19NO2. The molecule has 0 unspecified atom stereocenters. The molecule has 0 aliphatic rings. The molecule has 0 saturated carbocycles. The summed E-state index contributed by atoms with van der Waals surface area (Å²) in [7, 11) is 1.61. The highest BCUT2D eigenvalue weighted by atomic mass is 16.5. The number of carbonyl (C=O) groups is 1. The van der Waals surface area contributed by atoms with Crippen molar-refractivity contribution in [3.63, 3.8) is 0 Å². The molecule has 88 valence electrons. The summed E-state index contributed by atoms with van der Waals surface area (Å²) in [6.07, 6.45) is 0.369. The van der Waals surface area contributed by atoms with Gasteiger partial charge < -0.3 is 10.5 Å². The second-order valence-corrected chi connectivity index (χ2v) is 4.50. The molecule has 16 heavy (non-hydrogen) atoms. The molecule has 0 fully saturated rings. The van der Waals surface area contributed by atoms with Gasteiger partial charge in [-0.3, -0.25) is 4.79 Å². The maximum Gasteiger partial charge on any atom is 0.144 e. The smallest absolute Gasteiger partial charge is 0.144 e. The third-order valence-corrected chi connectivity index (χ3v) is 2.81. The van der Waals surface area contributed by atoms with Crippen LogP contribution in [0.2, 0.25) is 0 Å². The van der Waals surface area contributed by atoms with Gasteiger partial charge in [0.05, 0.1) is 7.11 Å². The Morgan fingerprint density at radius 1 is 1.38 bits per heavy atom. The van der Waals surface area contributed by atoms with Gasteiger partial charge in [-0.25, -0.2) is 0 Å². The van der Waals surface area contributed by atoms with Crippen LogP contribution in [0.25, 0.3) is 0 Å². The van der Waals surface area contributed by atoms with Gasteiger partial charge in [0.25, 0.3) is 0 Å². The Bertz CT molecular complexity index is 372. The minimum absolute atomic E-state index is 0.138. The van der Waals surface area contributed by atoms with E-state index in [2.05, 4.69) is 0 Å². The summed E-state index contributed by atoms with van der Waals surface area (Å²) in [6, 6.07) is 7.56. The van der Waals surface area contributed by atoms with E-state index in [4.69, 9.17) is 10.5 Å². The number of nitrogens with two attached hydrogens (primary N) is 1. The molecule has 1 rings (SSSR count). The second kappa shape index (κ2) is 5.12. The molecule has 1 aromatic carbocycles. The van der Waals surface area contributed by atoms with Gasteiger partial charge in [0.1, 0.15) is 11.5 Å². The number of ketones is 1. The maximum atomic E-state index is 12.0. The summed E-state index contributed by atoms with van der Waals surface area (Å²) < 4.78 is 5.21. The van der Waals surface area contributed by atoms with E-state index in [0.29, 0.717) is 13.0 Å². The third kappa shape index (κ3) is 2.83. The van der Waals surface area contributed by atoms with Crippen LogP contribution in [-0.2, 0) is 11.2 Å². The molecule has 0 aliphatic carbocycles. The summed E-state index contributed by atoms with van der Waals surface area (Å²) >= 11 is 0. The molecule has 1 aromatic rings. The molecule has 0 atom stereocenters. The Hall–Kier alpha value is -1.35. The second-order valence-electron chi connectivity index (χ2n) is 4.50. The normalized spacial score (nSPS) is 11.2. The Morgan fingerprint density at radius 2 is 2.00 bits per heavy atom. The third-order valence-electron chi connectivity index (χ3n) is 2.81. The molecule has 0 spiro atoms. The van der Waals surface area contributed by atoms with Gasteiger partial charge in [0.2, 0.25) is 0 Å². The number of Topliss-reactive ketones (excluding diaryl/α,β-unsaturated/α-hetero) is 1. The van der Waals surface area contributed by atoms with Gasteiger partial charge >= 0.3 is 0 Å². The number of para-hydroxylation sites is 1. The van der Waals surface area contributed by atoms with Crippen molar-refractivity contribution in [3.8, 4) is 5.75 Å². The van der Waals surface area contributed by atoms with Crippen LogP contribution in [0.5, 0.6) is 5.75 Å². The monoisotopic (exact) mass is 221 g/mol. The van der Waals surface area contributed by atoms with Gasteiger partial charge in [-0.2, -0.15) is 0 Å². The minimum atomic E-state index is -0.471. The minimum Gasteiger partial charge on any atom is -0.496 e. The van der Waals surface area contributed by atoms with Gasteiger partial charge in [-0.05, 0) is 6.07 Å². The molecule has 0 heterocycles. The number of ether oxygens (including phenoxy) is 1. The quantitative estimate of drug-likeness (QED) is 0.824. The van der Waals surface area contributed by atoms with Crippen molar-refractivity contribution in [1.82, 2.24) is 0 Å². The van der Waals surface area contributed by atoms with E-state index in [9.17, 15) is 4.79 Å². The predicted molar refractivity (Wildman–Crippen MR) is 64.5 cm³/mol. The number of rotatable bonds is 5. The summed E-state index contributed by atoms with van der Waals surface area (Å²) in [5.74, 6) is 0.892. The first-order valence-corrected chi connectivity index (χ1v) is 5.36. The zero-order valence-corrected chi connectivity index (χ0v) is 10.1. The predicted octanol–water partition coefficient (Wildman–Crippen LogP) is 1.79. The molecule has 0 aliphatic heterocycles. The summed E-state index contributed by atoms with van der Waals surface area (Å²) in [6.45, 7) is 4.09. The van der Waals surface area contributed by atoms with E-state index in [-0.39, 0.29) is 5.78 Å². The lowest BCUT2D eigenvalue weighted by Gasteiger charge is -2.21. The van der Waals surface area contributed by atoms with Gasteiger partial charge in [-0.15, -0.1) is 0 Å². The highest BCUT2D eigenvalue weighted by Crippen LogP contribution is 2.23. The highest BCUT2D eigenvalue weighted by Gasteiger charge is 2.26. The SMILES string of the molecule is COc1ccccc1CC(=O)C(C)(C)CN. The topological polar surface area (TPSA) is 52.3 Å². The molecule has 3 heteroatoms. The van der Waals surface area contributed by atoms with E-state index in [1.54, 1.807) is 7.11 Å². The highest BCUT2D eigenvalue weighted by molar-refractivity contribution is 5.86. The standard InChI is InChI=1S/C13H19NO2/c1-13(2,9-14)12(15)8-10-6-4-5-7-11(10)16-3/h4-7H,8-9,14H2,1-3H3. The summed E-state index contributed by atoms with van der Waals surface area (Å²) in [5, 5.41) is 0. The molecule has 0 radical (unpaired) electrons. The Labute approximate surface area is 96.6 Å². The first-order valence-electron chi connectivity index (χ1n) is 5.36. The van der Waals surface area contributed by atoms with Crippen LogP contribution < -0.4 is 10.5 Å². The molecule has 0 aromatic heterocycles. The summed E-state index contributed by atoms with van der Waals surface area (Å²) in [5.41, 5.74) is 6.02. The number of benzene rings is 1. The molecule has 0 saturated heterocycles. The Balaban J connectivity index is 2.85. The lowest BCUT2D eigenvalue weighted by molar-refractivity contribution is -0.125. The van der Waals surface area contributed by atoms with Crippen LogP contribution >= 0.6 is 0 Å². The van der Waals surface area contributed by atoms with E-state index in [0.717, 1.165) is 11.3 Å². The van der Waals surface area contributed by atoms with Crippen molar-refractivity contribution in [2.24, 2.45) is 11.1 Å². The molecule has 3 nitrogen and oxygen atoms in total. The largest absolute Gasteiger partial charge is 0.496 e. The lowest BCUT2D eigenvalue weighted by atomic mass is 9.85. The van der Waals surface area contributed by atoms with Crippen molar-refractivity contribution in [2.45, 2.75) is 20.3 Å². The molecule has 0 amide bonds. The fraction of sp³-hybridized carbons (Fsp3) is 0.462. The number of hydrogen-bond acceptors (Lipinski definition) is 3. The van der Waals surface area contributed by atoms with Crippen molar-refractivity contribution in [3.05, 3.63) is 29.8 Å². The zero-order valence-electron chi connectivity index (χ0n) is 10.1. The van der Waals surface area contributed by atoms with Crippen LogP contribution in [0.3, 0.4) is 0 Å². The van der Waals surface area contributed by atoms with Crippen molar-refractivity contribution >= 4 is 5.78 Å². The molecular weight excluding hydrogens is 202 g/mol. The Morgan fingerprint density at radius 3 is 2.56 bits per heavy atom. The fourth-order valence-corrected chi connectivity index (χ4v) is 1.38. The fourth-order valence-electron chi connectivity index (χ4n) is 1.38. The zero-order chi connectivity index (χ0) is 12.2. The van der Waals surface area contributed by atoms with Crippen molar-refractivity contribution < 1.29 is 9.53 Å². The average Bonchev–Trinajstić information content (AvgIpc) is 2.29. The number of methoxy groups -OCH3 is 1. The van der Waals surface area contributed by atoms with Crippen LogP contribution in [0.1, 0.15) is 19.4 Å². The summed E-state index contributed by atoms with van der Waals surface area (Å²) in [4.78, 5) is 12.0. The molecule has 2 N–H and O–H groups in total. The Kier molecular flexibility index (Phi) is 4.07. The van der Waals surface area contributed by atoms with Crippen LogP contribution in [0.15, 0.2) is 24.3 Å². The van der Waals surface area contributed by atoms with E-state index < -0.39 is 5.41 Å². The van der Waals surface area contributed by atoms with E-state index in [1.807, 2.05) is 38.1 Å². The van der Waals surface area contributed by atoms with Gasteiger partial charge in [0.15, 0.2) is 0 Å². The van der Waals surface area contributed by atoms with Crippen LogP contribution in [0, 0.1) is 5.41 Å². The first kappa shape index (κ1) is 12.7. The van der Waals surface area contributed by atoms with Crippen molar-refractivity contribution in [2.75, 3.05) is 13.7 Å². The van der Waals surface area contributed by atoms with Crippen LogP contribution in [-0.4, -0.2) is 19.4 Å². The van der Waals surface area contributed by atoms with Crippen molar-refractivity contribution in [1.29, 1.82) is 0 Å². The first-order chi connectivity index (χ1) is 7.51. The molecule has 0 bridgehead atoms. The van der Waals surface area contributed by atoms with Gasteiger partial charge in [-0.1, -0.05) is 32.0 Å². The van der Waals surface area contributed by atoms with E-state index in [1.165, 1.54) is 0 Å². The number of carbonyl (C=O) groups excluding carboxylic acids is 1. The number of hydrogen-bond donors (Lipinski definition) is 1.